The highest BCUT2D eigenvalue weighted by Crippen LogP contribution is 2.27. The highest BCUT2D eigenvalue weighted by Gasteiger charge is 2.29. The Hall–Kier alpha value is -0.570. The molecule has 0 radical (unpaired) electrons. The quantitative estimate of drug-likeness (QED) is 0.314. The molecular weight excluding hydrogens is 383 g/mol. The molecule has 4 N–H and O–H groups in total. The lowest BCUT2D eigenvalue weighted by Crippen LogP contribution is -2.54. The van der Waals surface area contributed by atoms with Crippen molar-refractivity contribution in [1.82, 2.24) is 16.0 Å². The molecule has 0 spiro atoms. The van der Waals surface area contributed by atoms with Gasteiger partial charge < -0.3 is 21.1 Å². The van der Waals surface area contributed by atoms with Crippen LogP contribution >= 0.6 is 24.0 Å². The predicted octanol–water partition coefficient (Wildman–Crippen LogP) is 0.743. The Morgan fingerprint density at radius 2 is 2.14 bits per heavy atom. The van der Waals surface area contributed by atoms with Gasteiger partial charge in [0.1, 0.15) is 0 Å². The monoisotopic (exact) mass is 410 g/mol. The summed E-state index contributed by atoms with van der Waals surface area (Å²) in [7, 11) is 1.72. The first-order valence-corrected chi connectivity index (χ1v) is 7.58. The number of piperidine rings is 1. The number of halogens is 1. The van der Waals surface area contributed by atoms with E-state index in [1.165, 1.54) is 6.42 Å². The zero-order valence-corrected chi connectivity index (χ0v) is 15.0. The Balaban J connectivity index is 0.00000220. The summed E-state index contributed by atoms with van der Waals surface area (Å²) in [6.07, 6.45) is 6.50. The van der Waals surface area contributed by atoms with Crippen LogP contribution in [0.2, 0.25) is 0 Å². The van der Waals surface area contributed by atoms with Crippen LogP contribution in [0.5, 0.6) is 0 Å². The van der Waals surface area contributed by atoms with Gasteiger partial charge in [0.25, 0.3) is 0 Å². The van der Waals surface area contributed by atoms with E-state index in [9.17, 15) is 9.90 Å². The summed E-state index contributed by atoms with van der Waals surface area (Å²) in [6.45, 7) is 1.16. The summed E-state index contributed by atoms with van der Waals surface area (Å²) in [6, 6.07) is 0.208. The molecule has 2 fully saturated rings. The van der Waals surface area contributed by atoms with Crippen molar-refractivity contribution >= 4 is 35.8 Å². The van der Waals surface area contributed by atoms with E-state index < -0.39 is 5.60 Å². The first kappa shape index (κ1) is 18.5. The van der Waals surface area contributed by atoms with Crippen molar-refractivity contribution in [2.45, 2.75) is 56.6 Å². The second kappa shape index (κ2) is 8.77. The maximum atomic E-state index is 11.1. The van der Waals surface area contributed by atoms with Gasteiger partial charge in [-0.05, 0) is 19.3 Å². The van der Waals surface area contributed by atoms with E-state index in [0.717, 1.165) is 32.1 Å². The summed E-state index contributed by atoms with van der Waals surface area (Å²) in [5.41, 5.74) is -0.601. The van der Waals surface area contributed by atoms with Crippen molar-refractivity contribution in [2.24, 2.45) is 4.99 Å². The zero-order valence-electron chi connectivity index (χ0n) is 12.7. The fourth-order valence-electron chi connectivity index (χ4n) is 2.88. The average molecular weight is 410 g/mol. The molecule has 1 aliphatic carbocycles. The van der Waals surface area contributed by atoms with E-state index in [-0.39, 0.29) is 35.9 Å². The fraction of sp³-hybridized carbons (Fsp3) is 0.857. The SMILES string of the molecule is CN=C(NCC1(O)CCCCC1)NC1CCC(=O)NC1.I. The van der Waals surface area contributed by atoms with Gasteiger partial charge in [0.15, 0.2) is 5.96 Å². The minimum atomic E-state index is -0.601. The molecule has 7 heteroatoms. The zero-order chi connectivity index (χ0) is 14.4. The summed E-state index contributed by atoms with van der Waals surface area (Å²) in [5.74, 6) is 0.813. The molecule has 1 saturated carbocycles. The van der Waals surface area contributed by atoms with Crippen molar-refractivity contribution in [1.29, 1.82) is 0 Å². The van der Waals surface area contributed by atoms with E-state index in [0.29, 0.717) is 25.5 Å². The van der Waals surface area contributed by atoms with Crippen LogP contribution in [0.4, 0.5) is 0 Å². The standard InChI is InChI=1S/C14H26N4O2.HI/c1-15-13(18-11-5-6-12(19)16-9-11)17-10-14(20)7-3-2-4-8-14;/h11,20H,2-10H2,1H3,(H,16,19)(H2,15,17,18);1H. The third-order valence-corrected chi connectivity index (χ3v) is 4.20. The Morgan fingerprint density at radius 3 is 2.71 bits per heavy atom. The van der Waals surface area contributed by atoms with Gasteiger partial charge in [0, 0.05) is 32.6 Å². The van der Waals surface area contributed by atoms with E-state index >= 15 is 0 Å². The molecule has 1 heterocycles. The molecule has 122 valence electrons. The Morgan fingerprint density at radius 1 is 1.43 bits per heavy atom. The highest BCUT2D eigenvalue weighted by molar-refractivity contribution is 14.0. The number of hydrogen-bond donors (Lipinski definition) is 4. The molecule has 0 aromatic heterocycles. The molecule has 21 heavy (non-hydrogen) atoms. The minimum Gasteiger partial charge on any atom is -0.388 e. The normalized spacial score (nSPS) is 25.5. The smallest absolute Gasteiger partial charge is 0.220 e. The van der Waals surface area contributed by atoms with Crippen molar-refractivity contribution in [3.05, 3.63) is 0 Å². The maximum Gasteiger partial charge on any atom is 0.220 e. The highest BCUT2D eigenvalue weighted by atomic mass is 127. The number of carbonyl (C=O) groups is 1. The van der Waals surface area contributed by atoms with Crippen LogP contribution in [0, 0.1) is 0 Å². The van der Waals surface area contributed by atoms with Crippen LogP contribution in [0.3, 0.4) is 0 Å². The molecule has 0 bridgehead atoms. The largest absolute Gasteiger partial charge is 0.388 e. The number of hydrogen-bond acceptors (Lipinski definition) is 3. The molecule has 1 aliphatic heterocycles. The number of nitrogens with zero attached hydrogens (tertiary/aromatic N) is 1. The van der Waals surface area contributed by atoms with Gasteiger partial charge in [-0.2, -0.15) is 0 Å². The lowest BCUT2D eigenvalue weighted by molar-refractivity contribution is -0.122. The van der Waals surface area contributed by atoms with Crippen molar-refractivity contribution in [3.8, 4) is 0 Å². The van der Waals surface area contributed by atoms with Crippen molar-refractivity contribution in [3.63, 3.8) is 0 Å². The molecule has 2 aliphatic rings. The van der Waals surface area contributed by atoms with Gasteiger partial charge in [-0.1, -0.05) is 19.3 Å². The summed E-state index contributed by atoms with van der Waals surface area (Å²) < 4.78 is 0. The van der Waals surface area contributed by atoms with Gasteiger partial charge in [-0.25, -0.2) is 0 Å². The molecule has 0 aromatic rings. The maximum absolute atomic E-state index is 11.1. The molecular formula is C14H27IN4O2. The number of aliphatic hydroxyl groups is 1. The van der Waals surface area contributed by atoms with Crippen LogP contribution in [-0.4, -0.2) is 48.8 Å². The van der Waals surface area contributed by atoms with E-state index in [1.807, 2.05) is 0 Å². The molecule has 1 atom stereocenters. The topological polar surface area (TPSA) is 85.8 Å². The third-order valence-electron chi connectivity index (χ3n) is 4.20. The van der Waals surface area contributed by atoms with E-state index in [2.05, 4.69) is 20.9 Å². The van der Waals surface area contributed by atoms with Crippen LogP contribution in [0.25, 0.3) is 0 Å². The molecule has 1 amide bonds. The first-order valence-electron chi connectivity index (χ1n) is 7.58. The Labute approximate surface area is 143 Å². The summed E-state index contributed by atoms with van der Waals surface area (Å²) >= 11 is 0. The molecule has 6 nitrogen and oxygen atoms in total. The molecule has 0 aromatic carbocycles. The third kappa shape index (κ3) is 5.98. The molecule has 1 unspecified atom stereocenters. The Kier molecular flexibility index (Phi) is 7.72. The summed E-state index contributed by atoms with van der Waals surface area (Å²) in [5, 5.41) is 19.8. The number of carbonyl (C=O) groups excluding carboxylic acids is 1. The summed E-state index contributed by atoms with van der Waals surface area (Å²) in [4.78, 5) is 15.3. The second-order valence-corrected chi connectivity index (χ2v) is 5.89. The first-order chi connectivity index (χ1) is 9.61. The van der Waals surface area contributed by atoms with Gasteiger partial charge in [0.2, 0.25) is 5.91 Å². The molecule has 1 saturated heterocycles. The van der Waals surface area contributed by atoms with E-state index in [4.69, 9.17) is 0 Å². The number of nitrogens with one attached hydrogen (secondary N) is 3. The average Bonchev–Trinajstić information content (AvgIpc) is 2.46. The second-order valence-electron chi connectivity index (χ2n) is 5.89. The van der Waals surface area contributed by atoms with Gasteiger partial charge in [-0.3, -0.25) is 9.79 Å². The van der Waals surface area contributed by atoms with Crippen LogP contribution in [0.15, 0.2) is 4.99 Å². The van der Waals surface area contributed by atoms with Crippen molar-refractivity contribution in [2.75, 3.05) is 20.1 Å². The van der Waals surface area contributed by atoms with Crippen LogP contribution in [0.1, 0.15) is 44.9 Å². The van der Waals surface area contributed by atoms with Crippen molar-refractivity contribution < 1.29 is 9.90 Å². The molecule has 2 rings (SSSR count). The Bertz CT molecular complexity index is 360. The lowest BCUT2D eigenvalue weighted by atomic mass is 9.85. The van der Waals surface area contributed by atoms with Gasteiger partial charge >= 0.3 is 0 Å². The predicted molar refractivity (Wildman–Crippen MR) is 94.0 cm³/mol. The van der Waals surface area contributed by atoms with Crippen LogP contribution in [-0.2, 0) is 4.79 Å². The van der Waals surface area contributed by atoms with Crippen LogP contribution < -0.4 is 16.0 Å². The fourth-order valence-corrected chi connectivity index (χ4v) is 2.88. The lowest BCUT2D eigenvalue weighted by Gasteiger charge is -2.33. The number of rotatable bonds is 3. The van der Waals surface area contributed by atoms with Gasteiger partial charge in [-0.15, -0.1) is 24.0 Å². The van der Waals surface area contributed by atoms with Gasteiger partial charge in [0.05, 0.1) is 5.60 Å². The number of amides is 1. The van der Waals surface area contributed by atoms with E-state index in [1.54, 1.807) is 7.05 Å². The number of aliphatic imine (C=N–C) groups is 1. The minimum absolute atomic E-state index is 0. The number of guanidine groups is 1.